The fourth-order valence-electron chi connectivity index (χ4n) is 1.68. The Bertz CT molecular complexity index is 471. The van der Waals surface area contributed by atoms with Crippen LogP contribution in [0.25, 0.3) is 0 Å². The quantitative estimate of drug-likeness (QED) is 0.827. The van der Waals surface area contributed by atoms with Crippen LogP contribution in [0.4, 0.5) is 4.79 Å². The van der Waals surface area contributed by atoms with Gasteiger partial charge in [-0.3, -0.25) is 0 Å². The highest BCUT2D eigenvalue weighted by molar-refractivity contribution is 5.68. The molecular weight excluding hydrogens is 254 g/mol. The molecule has 4 nitrogen and oxygen atoms in total. The van der Waals surface area contributed by atoms with E-state index in [0.29, 0.717) is 6.42 Å². The molecule has 0 spiro atoms. The lowest BCUT2D eigenvalue weighted by Gasteiger charge is -2.24. The molecule has 0 aromatic heterocycles. The third-order valence-corrected chi connectivity index (χ3v) is 2.55. The number of nitrogens with one attached hydrogen (secondary N) is 1. The second-order valence-corrected chi connectivity index (χ2v) is 5.55. The highest BCUT2D eigenvalue weighted by Gasteiger charge is 2.23. The number of hydrogen-bond donors (Lipinski definition) is 2. The zero-order valence-corrected chi connectivity index (χ0v) is 12.1. The van der Waals surface area contributed by atoms with Crippen molar-refractivity contribution < 1.29 is 14.6 Å². The molecule has 2 atom stereocenters. The molecule has 1 aromatic carbocycles. The van der Waals surface area contributed by atoms with Crippen LogP contribution in [0.5, 0.6) is 0 Å². The molecule has 0 bridgehead atoms. The summed E-state index contributed by atoms with van der Waals surface area (Å²) in [6.07, 6.45) is 4.02. The molecule has 1 rings (SSSR count). The van der Waals surface area contributed by atoms with Gasteiger partial charge in [0.2, 0.25) is 0 Å². The summed E-state index contributed by atoms with van der Waals surface area (Å²) < 4.78 is 5.17. The van der Waals surface area contributed by atoms with Gasteiger partial charge in [0, 0.05) is 0 Å². The standard InChI is InChI=1S/C16H21NO3/c1-5-14(18)13(11-12-9-7-6-8-10-12)17-15(19)20-16(2,3)4/h1,6-10,13-14,18H,11H2,2-4H3,(H,17,19)/t13-,14-/m0/s1. The number of alkyl carbamates (subject to hydrolysis) is 1. The lowest BCUT2D eigenvalue weighted by Crippen LogP contribution is -2.46. The van der Waals surface area contributed by atoms with E-state index in [1.54, 1.807) is 20.8 Å². The normalized spacial score (nSPS) is 13.9. The number of amides is 1. The van der Waals surface area contributed by atoms with Crippen LogP contribution < -0.4 is 5.32 Å². The molecule has 0 saturated heterocycles. The Balaban J connectivity index is 2.71. The highest BCUT2D eigenvalue weighted by Crippen LogP contribution is 2.10. The first-order valence-electron chi connectivity index (χ1n) is 6.49. The van der Waals surface area contributed by atoms with Gasteiger partial charge in [0.15, 0.2) is 0 Å². The van der Waals surface area contributed by atoms with E-state index in [1.165, 1.54) is 0 Å². The molecule has 0 radical (unpaired) electrons. The summed E-state index contributed by atoms with van der Waals surface area (Å²) in [5.41, 5.74) is 0.380. The van der Waals surface area contributed by atoms with Crippen molar-refractivity contribution in [1.82, 2.24) is 5.32 Å². The average molecular weight is 275 g/mol. The van der Waals surface area contributed by atoms with Crippen molar-refractivity contribution in [3.8, 4) is 12.3 Å². The minimum Gasteiger partial charge on any atom is -0.444 e. The minimum atomic E-state index is -1.07. The zero-order chi connectivity index (χ0) is 15.2. The summed E-state index contributed by atoms with van der Waals surface area (Å²) in [4.78, 5) is 11.8. The first-order valence-corrected chi connectivity index (χ1v) is 6.49. The van der Waals surface area contributed by atoms with Crippen LogP contribution in [0.15, 0.2) is 30.3 Å². The highest BCUT2D eigenvalue weighted by atomic mass is 16.6. The Kier molecular flexibility index (Phi) is 5.60. The van der Waals surface area contributed by atoms with Gasteiger partial charge in [0.25, 0.3) is 0 Å². The number of aliphatic hydroxyl groups is 1. The number of carbonyl (C=O) groups is 1. The van der Waals surface area contributed by atoms with E-state index in [0.717, 1.165) is 5.56 Å². The Labute approximate surface area is 120 Å². The van der Waals surface area contributed by atoms with E-state index in [4.69, 9.17) is 11.2 Å². The lowest BCUT2D eigenvalue weighted by molar-refractivity contribution is 0.0459. The fourth-order valence-corrected chi connectivity index (χ4v) is 1.68. The van der Waals surface area contributed by atoms with Crippen LogP contribution in [-0.4, -0.2) is 28.9 Å². The molecular formula is C16H21NO3. The van der Waals surface area contributed by atoms with Crippen LogP contribution in [0, 0.1) is 12.3 Å². The van der Waals surface area contributed by atoms with Crippen molar-refractivity contribution in [2.24, 2.45) is 0 Å². The maximum atomic E-state index is 11.8. The second kappa shape index (κ2) is 6.97. The van der Waals surface area contributed by atoms with E-state index in [9.17, 15) is 9.90 Å². The van der Waals surface area contributed by atoms with Crippen molar-refractivity contribution in [2.75, 3.05) is 0 Å². The molecule has 0 unspecified atom stereocenters. The molecule has 108 valence electrons. The van der Waals surface area contributed by atoms with E-state index in [2.05, 4.69) is 11.2 Å². The maximum absolute atomic E-state index is 11.8. The molecule has 0 fully saturated rings. The number of hydrogen-bond acceptors (Lipinski definition) is 3. The molecule has 0 heterocycles. The molecule has 0 aliphatic carbocycles. The van der Waals surface area contributed by atoms with Gasteiger partial charge in [-0.2, -0.15) is 0 Å². The predicted molar refractivity (Wildman–Crippen MR) is 78.1 cm³/mol. The molecule has 20 heavy (non-hydrogen) atoms. The molecule has 1 amide bonds. The summed E-state index contributed by atoms with van der Waals surface area (Å²) in [5, 5.41) is 12.4. The van der Waals surface area contributed by atoms with Crippen molar-refractivity contribution in [2.45, 2.75) is 44.9 Å². The summed E-state index contributed by atoms with van der Waals surface area (Å²) in [6, 6.07) is 8.92. The van der Waals surface area contributed by atoms with E-state index in [-0.39, 0.29) is 0 Å². The Morgan fingerprint density at radius 2 is 2.00 bits per heavy atom. The predicted octanol–water partition coefficient (Wildman–Crippen LogP) is 2.12. The number of carbonyl (C=O) groups excluding carboxylic acids is 1. The monoisotopic (exact) mass is 275 g/mol. The van der Waals surface area contributed by atoms with Gasteiger partial charge in [0.05, 0.1) is 6.04 Å². The van der Waals surface area contributed by atoms with Gasteiger partial charge in [-0.25, -0.2) is 4.79 Å². The number of rotatable bonds is 4. The molecule has 4 heteroatoms. The lowest BCUT2D eigenvalue weighted by atomic mass is 10.0. The van der Waals surface area contributed by atoms with Gasteiger partial charge in [-0.1, -0.05) is 36.3 Å². The van der Waals surface area contributed by atoms with E-state index in [1.807, 2.05) is 30.3 Å². The molecule has 1 aromatic rings. The summed E-state index contributed by atoms with van der Waals surface area (Å²) in [5.74, 6) is 2.24. The van der Waals surface area contributed by atoms with Gasteiger partial charge in [-0.15, -0.1) is 6.42 Å². The van der Waals surface area contributed by atoms with Crippen LogP contribution in [-0.2, 0) is 11.2 Å². The van der Waals surface area contributed by atoms with E-state index < -0.39 is 23.8 Å². The number of terminal acetylenes is 1. The summed E-state index contributed by atoms with van der Waals surface area (Å²) in [7, 11) is 0. The third-order valence-electron chi connectivity index (χ3n) is 2.55. The van der Waals surface area contributed by atoms with Gasteiger partial charge >= 0.3 is 6.09 Å². The molecule has 2 N–H and O–H groups in total. The summed E-state index contributed by atoms with van der Waals surface area (Å²) >= 11 is 0. The molecule has 0 aliphatic heterocycles. The average Bonchev–Trinajstić information content (AvgIpc) is 2.36. The van der Waals surface area contributed by atoms with Crippen molar-refractivity contribution in [1.29, 1.82) is 0 Å². The Morgan fingerprint density at radius 1 is 1.40 bits per heavy atom. The minimum absolute atomic E-state index is 0.436. The van der Waals surface area contributed by atoms with Crippen LogP contribution in [0.2, 0.25) is 0 Å². The first-order chi connectivity index (χ1) is 9.31. The van der Waals surface area contributed by atoms with Crippen molar-refractivity contribution in [3.05, 3.63) is 35.9 Å². The van der Waals surface area contributed by atoms with E-state index >= 15 is 0 Å². The van der Waals surface area contributed by atoms with Crippen molar-refractivity contribution >= 4 is 6.09 Å². The number of aliphatic hydroxyl groups excluding tert-OH is 1. The third kappa shape index (κ3) is 5.77. The number of ether oxygens (including phenoxy) is 1. The van der Waals surface area contributed by atoms with Gasteiger partial charge in [-0.05, 0) is 32.8 Å². The summed E-state index contributed by atoms with van der Waals surface area (Å²) in [6.45, 7) is 5.32. The van der Waals surface area contributed by atoms with Gasteiger partial charge < -0.3 is 15.2 Å². The fraction of sp³-hybridized carbons (Fsp3) is 0.438. The Morgan fingerprint density at radius 3 is 2.50 bits per heavy atom. The second-order valence-electron chi connectivity index (χ2n) is 5.55. The topological polar surface area (TPSA) is 58.6 Å². The van der Waals surface area contributed by atoms with Crippen LogP contribution in [0.1, 0.15) is 26.3 Å². The zero-order valence-electron chi connectivity index (χ0n) is 12.1. The Hall–Kier alpha value is -1.99. The van der Waals surface area contributed by atoms with Crippen LogP contribution in [0.3, 0.4) is 0 Å². The number of benzene rings is 1. The largest absolute Gasteiger partial charge is 0.444 e. The van der Waals surface area contributed by atoms with Crippen molar-refractivity contribution in [3.63, 3.8) is 0 Å². The smallest absolute Gasteiger partial charge is 0.408 e. The van der Waals surface area contributed by atoms with Gasteiger partial charge in [0.1, 0.15) is 11.7 Å². The SMILES string of the molecule is C#C[C@H](O)[C@H](Cc1ccccc1)NC(=O)OC(C)(C)C. The molecule has 0 aliphatic rings. The maximum Gasteiger partial charge on any atom is 0.408 e. The van der Waals surface area contributed by atoms with Crippen LogP contribution >= 0.6 is 0 Å². The first kappa shape index (κ1) is 16.1. The molecule has 0 saturated carbocycles.